The van der Waals surface area contributed by atoms with Crippen molar-refractivity contribution in [3.8, 4) is 17.1 Å². The molecule has 0 spiro atoms. The van der Waals surface area contributed by atoms with Gasteiger partial charge >= 0.3 is 0 Å². The van der Waals surface area contributed by atoms with Gasteiger partial charge in [0.1, 0.15) is 5.75 Å². The Bertz CT molecular complexity index is 804. The van der Waals surface area contributed by atoms with Gasteiger partial charge in [-0.05, 0) is 44.2 Å². The van der Waals surface area contributed by atoms with Crippen LogP contribution in [0.5, 0.6) is 5.75 Å². The number of hydrogen-bond donors (Lipinski definition) is 0. The number of likely N-dealkylation sites (N-methyl/N-ethyl adjacent to an activating group) is 1. The summed E-state index contributed by atoms with van der Waals surface area (Å²) >= 11 is 0. The molecule has 0 aliphatic heterocycles. The fourth-order valence-corrected chi connectivity index (χ4v) is 2.61. The molecule has 0 N–H and O–H groups in total. The van der Waals surface area contributed by atoms with Crippen molar-refractivity contribution >= 4 is 0 Å². The predicted octanol–water partition coefficient (Wildman–Crippen LogP) is 3.38. The third-order valence-corrected chi connectivity index (χ3v) is 4.31. The second-order valence-corrected chi connectivity index (χ2v) is 5.92. The first-order valence-electron chi connectivity index (χ1n) is 8.25. The summed E-state index contributed by atoms with van der Waals surface area (Å²) in [5.74, 6) is 2.08. The summed E-state index contributed by atoms with van der Waals surface area (Å²) < 4.78 is 10.9. The second-order valence-electron chi connectivity index (χ2n) is 5.92. The molecule has 0 radical (unpaired) electrons. The van der Waals surface area contributed by atoms with Crippen molar-refractivity contribution < 1.29 is 9.26 Å². The zero-order valence-corrected chi connectivity index (χ0v) is 14.7. The van der Waals surface area contributed by atoms with E-state index in [1.54, 1.807) is 19.5 Å². The highest BCUT2D eigenvalue weighted by atomic mass is 16.5. The molecule has 1 unspecified atom stereocenters. The highest BCUT2D eigenvalue weighted by Crippen LogP contribution is 2.23. The predicted molar refractivity (Wildman–Crippen MR) is 95.3 cm³/mol. The van der Waals surface area contributed by atoms with E-state index < -0.39 is 0 Å². The summed E-state index contributed by atoms with van der Waals surface area (Å²) in [7, 11) is 3.75. The van der Waals surface area contributed by atoms with Crippen LogP contribution in [0.25, 0.3) is 11.4 Å². The Labute approximate surface area is 147 Å². The first-order chi connectivity index (χ1) is 12.2. The maximum Gasteiger partial charge on any atom is 0.244 e. The van der Waals surface area contributed by atoms with E-state index in [4.69, 9.17) is 9.26 Å². The van der Waals surface area contributed by atoms with Crippen molar-refractivity contribution in [2.45, 2.75) is 19.4 Å². The molecule has 3 aromatic rings. The van der Waals surface area contributed by atoms with E-state index in [0.717, 1.165) is 24.3 Å². The number of methoxy groups -OCH3 is 1. The van der Waals surface area contributed by atoms with E-state index in [1.165, 1.54) is 5.56 Å². The van der Waals surface area contributed by atoms with Gasteiger partial charge in [0.05, 0.1) is 13.2 Å². The van der Waals surface area contributed by atoms with Gasteiger partial charge in [-0.15, -0.1) is 0 Å². The van der Waals surface area contributed by atoms with Gasteiger partial charge in [-0.3, -0.25) is 9.88 Å². The van der Waals surface area contributed by atoms with Gasteiger partial charge in [-0.1, -0.05) is 23.4 Å². The van der Waals surface area contributed by atoms with Crippen LogP contribution in [-0.2, 0) is 6.42 Å². The molecule has 0 aliphatic carbocycles. The van der Waals surface area contributed by atoms with Gasteiger partial charge in [-0.2, -0.15) is 4.98 Å². The molecule has 1 atom stereocenters. The smallest absolute Gasteiger partial charge is 0.244 e. The lowest BCUT2D eigenvalue weighted by Gasteiger charge is -2.21. The van der Waals surface area contributed by atoms with Crippen LogP contribution in [0.2, 0.25) is 0 Å². The van der Waals surface area contributed by atoms with E-state index in [2.05, 4.69) is 33.0 Å². The second kappa shape index (κ2) is 7.90. The van der Waals surface area contributed by atoms with Gasteiger partial charge < -0.3 is 9.26 Å². The van der Waals surface area contributed by atoms with Crippen LogP contribution in [0.1, 0.15) is 24.4 Å². The molecule has 0 amide bonds. The molecule has 2 heterocycles. The zero-order valence-electron chi connectivity index (χ0n) is 14.7. The molecule has 6 heteroatoms. The topological polar surface area (TPSA) is 64.3 Å². The van der Waals surface area contributed by atoms with Crippen molar-refractivity contribution in [1.82, 2.24) is 20.0 Å². The zero-order chi connectivity index (χ0) is 17.6. The van der Waals surface area contributed by atoms with Crippen LogP contribution >= 0.6 is 0 Å². The van der Waals surface area contributed by atoms with Crippen LogP contribution in [0.3, 0.4) is 0 Å². The highest BCUT2D eigenvalue weighted by molar-refractivity contribution is 5.51. The van der Waals surface area contributed by atoms with E-state index in [-0.39, 0.29) is 6.04 Å². The lowest BCUT2D eigenvalue weighted by atomic mass is 10.1. The Morgan fingerprint density at radius 3 is 2.80 bits per heavy atom. The van der Waals surface area contributed by atoms with Crippen LogP contribution in [-0.4, -0.2) is 40.7 Å². The molecule has 0 saturated carbocycles. The van der Waals surface area contributed by atoms with Gasteiger partial charge in [0.15, 0.2) is 0 Å². The molecule has 0 aliphatic rings. The molecule has 6 nitrogen and oxygen atoms in total. The van der Waals surface area contributed by atoms with E-state index >= 15 is 0 Å². The number of nitrogens with zero attached hydrogens (tertiary/aromatic N) is 4. The quantitative estimate of drug-likeness (QED) is 0.658. The van der Waals surface area contributed by atoms with E-state index in [0.29, 0.717) is 11.7 Å². The summed E-state index contributed by atoms with van der Waals surface area (Å²) in [6.45, 7) is 2.91. The van der Waals surface area contributed by atoms with Crippen LogP contribution in [0, 0.1) is 0 Å². The van der Waals surface area contributed by atoms with Crippen LogP contribution in [0.15, 0.2) is 53.3 Å². The Balaban J connectivity index is 1.64. The summed E-state index contributed by atoms with van der Waals surface area (Å²) in [6, 6.07) is 11.9. The molecule has 3 rings (SSSR count). The molecule has 0 saturated heterocycles. The summed E-state index contributed by atoms with van der Waals surface area (Å²) in [4.78, 5) is 10.8. The Morgan fingerprint density at radius 2 is 2.04 bits per heavy atom. The average Bonchev–Trinajstić information content (AvgIpc) is 3.16. The van der Waals surface area contributed by atoms with Crippen molar-refractivity contribution in [2.75, 3.05) is 20.7 Å². The molecular weight excluding hydrogens is 316 g/mol. The number of ether oxygens (including phenoxy) is 1. The Kier molecular flexibility index (Phi) is 5.40. The normalized spacial score (nSPS) is 12.3. The molecule has 130 valence electrons. The lowest BCUT2D eigenvalue weighted by Crippen LogP contribution is -2.25. The van der Waals surface area contributed by atoms with Crippen molar-refractivity contribution in [2.24, 2.45) is 0 Å². The summed E-state index contributed by atoms with van der Waals surface area (Å²) in [5.41, 5.74) is 2.03. The first-order valence-corrected chi connectivity index (χ1v) is 8.25. The fraction of sp³-hybridized carbons (Fsp3) is 0.316. The van der Waals surface area contributed by atoms with E-state index in [9.17, 15) is 0 Å². The minimum Gasteiger partial charge on any atom is -0.496 e. The van der Waals surface area contributed by atoms with Crippen molar-refractivity contribution in [3.05, 3.63) is 60.2 Å². The number of hydrogen-bond acceptors (Lipinski definition) is 6. The fourth-order valence-electron chi connectivity index (χ4n) is 2.61. The maximum atomic E-state index is 5.44. The standard InChI is InChI=1S/C19H22N4O2/c1-14(19-21-18(22-25-19)16-8-6-11-20-13-16)23(2)12-10-15-7-4-5-9-17(15)24-3/h4-9,11,13-14H,10,12H2,1-3H3. The van der Waals surface area contributed by atoms with Crippen molar-refractivity contribution in [1.29, 1.82) is 0 Å². The van der Waals surface area contributed by atoms with Gasteiger partial charge in [0.2, 0.25) is 11.7 Å². The molecule has 0 bridgehead atoms. The van der Waals surface area contributed by atoms with Gasteiger partial charge in [-0.25, -0.2) is 0 Å². The Hall–Kier alpha value is -2.73. The number of rotatable bonds is 7. The highest BCUT2D eigenvalue weighted by Gasteiger charge is 2.19. The number of aromatic nitrogens is 3. The van der Waals surface area contributed by atoms with Crippen LogP contribution in [0.4, 0.5) is 0 Å². The van der Waals surface area contributed by atoms with Crippen LogP contribution < -0.4 is 4.74 Å². The minimum absolute atomic E-state index is 0.0210. The molecule has 0 fully saturated rings. The number of benzene rings is 1. The summed E-state index contributed by atoms with van der Waals surface area (Å²) in [6.07, 6.45) is 4.33. The van der Waals surface area contributed by atoms with E-state index in [1.807, 2.05) is 37.4 Å². The largest absolute Gasteiger partial charge is 0.496 e. The number of pyridine rings is 1. The Morgan fingerprint density at radius 1 is 1.20 bits per heavy atom. The third-order valence-electron chi connectivity index (χ3n) is 4.31. The monoisotopic (exact) mass is 338 g/mol. The number of para-hydroxylation sites is 1. The summed E-state index contributed by atoms with van der Waals surface area (Å²) in [5, 5.41) is 4.06. The average molecular weight is 338 g/mol. The molecule has 25 heavy (non-hydrogen) atoms. The molecule has 1 aromatic carbocycles. The first kappa shape index (κ1) is 17.1. The molecule has 2 aromatic heterocycles. The SMILES string of the molecule is COc1ccccc1CCN(C)C(C)c1nc(-c2cccnc2)no1. The third kappa shape index (κ3) is 4.03. The molecular formula is C19H22N4O2. The lowest BCUT2D eigenvalue weighted by molar-refractivity contribution is 0.211. The minimum atomic E-state index is 0.0210. The van der Waals surface area contributed by atoms with Crippen molar-refractivity contribution in [3.63, 3.8) is 0 Å². The van der Waals surface area contributed by atoms with Gasteiger partial charge in [0, 0.05) is 24.5 Å². The van der Waals surface area contributed by atoms with Gasteiger partial charge in [0.25, 0.3) is 0 Å². The maximum absolute atomic E-state index is 5.44.